The molecule has 7 nitrogen and oxygen atoms in total. The molecule has 0 spiro atoms. The van der Waals surface area contributed by atoms with Crippen molar-refractivity contribution < 1.29 is 22.7 Å². The third kappa shape index (κ3) is 6.63. The average Bonchev–Trinajstić information content (AvgIpc) is 2.81. The second kappa shape index (κ2) is 11.1. The molecule has 33 heavy (non-hydrogen) atoms. The van der Waals surface area contributed by atoms with Gasteiger partial charge in [-0.05, 0) is 73.2 Å². The number of nitrogens with zero attached hydrogens (tertiary/aromatic N) is 1. The van der Waals surface area contributed by atoms with Crippen LogP contribution in [0.4, 0.5) is 5.69 Å². The van der Waals surface area contributed by atoms with Crippen LogP contribution in [0.25, 0.3) is 0 Å². The fraction of sp³-hybridized carbons (Fsp3) is 0.208. The highest BCUT2D eigenvalue weighted by Gasteiger charge is 2.27. The molecule has 174 valence electrons. The number of methoxy groups -OCH3 is 1. The molecule has 0 unspecified atom stereocenters. The van der Waals surface area contributed by atoms with Crippen LogP contribution in [0.5, 0.6) is 11.5 Å². The van der Waals surface area contributed by atoms with Gasteiger partial charge in [0.2, 0.25) is 5.91 Å². The van der Waals surface area contributed by atoms with E-state index in [9.17, 15) is 13.2 Å². The van der Waals surface area contributed by atoms with Gasteiger partial charge >= 0.3 is 0 Å². The van der Waals surface area contributed by atoms with Crippen LogP contribution < -0.4 is 19.1 Å². The fourth-order valence-corrected chi connectivity index (χ4v) is 4.59. The highest BCUT2D eigenvalue weighted by molar-refractivity contribution is 7.92. The van der Waals surface area contributed by atoms with Gasteiger partial charge in [0.1, 0.15) is 24.7 Å². The Balaban J connectivity index is 1.68. The first-order valence-corrected chi connectivity index (χ1v) is 12.0. The zero-order chi connectivity index (χ0) is 23.8. The van der Waals surface area contributed by atoms with E-state index in [0.717, 1.165) is 9.87 Å². The van der Waals surface area contributed by atoms with Gasteiger partial charge in [-0.25, -0.2) is 8.42 Å². The minimum absolute atomic E-state index is 0.0454. The van der Waals surface area contributed by atoms with Crippen LogP contribution in [0, 0.1) is 6.92 Å². The van der Waals surface area contributed by atoms with Gasteiger partial charge in [-0.3, -0.25) is 9.10 Å². The molecule has 0 saturated heterocycles. The lowest BCUT2D eigenvalue weighted by Crippen LogP contribution is -2.42. The molecule has 3 aromatic carbocycles. The van der Waals surface area contributed by atoms with E-state index >= 15 is 0 Å². The first-order valence-electron chi connectivity index (χ1n) is 10.2. The highest BCUT2D eigenvalue weighted by Crippen LogP contribution is 2.25. The van der Waals surface area contributed by atoms with Gasteiger partial charge in [0.15, 0.2) is 0 Å². The summed E-state index contributed by atoms with van der Waals surface area (Å²) < 4.78 is 38.4. The van der Waals surface area contributed by atoms with Gasteiger partial charge in [0.25, 0.3) is 10.0 Å². The number of sulfonamides is 1. The van der Waals surface area contributed by atoms with Gasteiger partial charge in [0.05, 0.1) is 24.2 Å². The van der Waals surface area contributed by atoms with E-state index in [0.29, 0.717) is 22.2 Å². The number of carbonyl (C=O) groups is 1. The Morgan fingerprint density at radius 1 is 1.00 bits per heavy atom. The second-order valence-corrected chi connectivity index (χ2v) is 9.48. The average molecular weight is 489 g/mol. The topological polar surface area (TPSA) is 84.9 Å². The summed E-state index contributed by atoms with van der Waals surface area (Å²) in [6, 6.07) is 19.9. The lowest BCUT2D eigenvalue weighted by atomic mass is 10.2. The van der Waals surface area contributed by atoms with E-state index < -0.39 is 15.9 Å². The fourth-order valence-electron chi connectivity index (χ4n) is 3.05. The van der Waals surface area contributed by atoms with Crippen LogP contribution in [-0.2, 0) is 14.8 Å². The van der Waals surface area contributed by atoms with Crippen molar-refractivity contribution in [3.63, 3.8) is 0 Å². The third-order valence-corrected chi connectivity index (χ3v) is 6.77. The molecule has 3 aromatic rings. The molecular formula is C24H25ClN2O5S. The van der Waals surface area contributed by atoms with Crippen molar-refractivity contribution in [2.45, 2.75) is 11.8 Å². The van der Waals surface area contributed by atoms with Crippen LogP contribution in [0.2, 0.25) is 5.02 Å². The Bertz CT molecular complexity index is 1180. The number of nitrogens with one attached hydrogen (secondary N) is 1. The maximum Gasteiger partial charge on any atom is 0.264 e. The molecule has 0 bridgehead atoms. The molecule has 0 heterocycles. The Labute approximate surface area is 198 Å². The van der Waals surface area contributed by atoms with Crippen molar-refractivity contribution >= 4 is 33.2 Å². The number of ether oxygens (including phenoxy) is 2. The molecule has 0 radical (unpaired) electrons. The lowest BCUT2D eigenvalue weighted by molar-refractivity contribution is -0.119. The summed E-state index contributed by atoms with van der Waals surface area (Å²) >= 11 is 5.90. The maximum absolute atomic E-state index is 13.3. The van der Waals surface area contributed by atoms with E-state index in [-0.39, 0.29) is 24.6 Å². The van der Waals surface area contributed by atoms with Gasteiger partial charge in [-0.1, -0.05) is 23.7 Å². The smallest absolute Gasteiger partial charge is 0.264 e. The maximum atomic E-state index is 13.3. The molecule has 9 heteroatoms. The number of aryl methyl sites for hydroxylation is 1. The SMILES string of the molecule is COc1ccc(OCCNC(=O)CN(c2cccc(C)c2)S(=O)(=O)c2ccc(Cl)cc2)cc1. The predicted molar refractivity (Wildman–Crippen MR) is 129 cm³/mol. The van der Waals surface area contributed by atoms with Gasteiger partial charge < -0.3 is 14.8 Å². The molecule has 0 aliphatic rings. The van der Waals surface area contributed by atoms with Crippen molar-refractivity contribution in [2.75, 3.05) is 31.1 Å². The highest BCUT2D eigenvalue weighted by atomic mass is 35.5. The first-order chi connectivity index (χ1) is 15.8. The summed E-state index contributed by atoms with van der Waals surface area (Å²) in [7, 11) is -2.41. The molecule has 0 atom stereocenters. The second-order valence-electron chi connectivity index (χ2n) is 7.18. The Hall–Kier alpha value is -3.23. The molecule has 1 amide bonds. The summed E-state index contributed by atoms with van der Waals surface area (Å²) in [5.41, 5.74) is 1.27. The number of hydrogen-bond acceptors (Lipinski definition) is 5. The zero-order valence-electron chi connectivity index (χ0n) is 18.3. The number of carbonyl (C=O) groups excluding carboxylic acids is 1. The van der Waals surface area contributed by atoms with Crippen molar-refractivity contribution in [1.82, 2.24) is 5.32 Å². The minimum Gasteiger partial charge on any atom is -0.497 e. The van der Waals surface area contributed by atoms with Crippen molar-refractivity contribution in [2.24, 2.45) is 0 Å². The van der Waals surface area contributed by atoms with E-state index in [1.165, 1.54) is 24.3 Å². The van der Waals surface area contributed by atoms with E-state index in [2.05, 4.69) is 5.32 Å². The van der Waals surface area contributed by atoms with E-state index in [4.69, 9.17) is 21.1 Å². The number of hydrogen-bond donors (Lipinski definition) is 1. The van der Waals surface area contributed by atoms with Crippen molar-refractivity contribution in [1.29, 1.82) is 0 Å². The Morgan fingerprint density at radius 3 is 2.30 bits per heavy atom. The number of halogens is 1. The van der Waals surface area contributed by atoms with E-state index in [1.807, 2.05) is 13.0 Å². The standard InChI is InChI=1S/C24H25ClN2O5S/c1-18-4-3-5-20(16-18)27(33(29,30)23-12-6-19(25)7-13-23)17-24(28)26-14-15-32-22-10-8-21(31-2)9-11-22/h3-13,16H,14-15,17H2,1-2H3,(H,26,28). The van der Waals surface area contributed by atoms with Crippen LogP contribution in [0.1, 0.15) is 5.56 Å². The summed E-state index contributed by atoms with van der Waals surface area (Å²) in [6.07, 6.45) is 0. The molecule has 0 fully saturated rings. The summed E-state index contributed by atoms with van der Waals surface area (Å²) in [6.45, 7) is 1.92. The van der Waals surface area contributed by atoms with Gasteiger partial charge in [-0.15, -0.1) is 0 Å². The Morgan fingerprint density at radius 2 is 1.67 bits per heavy atom. The number of rotatable bonds is 10. The van der Waals surface area contributed by atoms with Crippen LogP contribution in [0.3, 0.4) is 0 Å². The normalized spacial score (nSPS) is 11.0. The number of amides is 1. The summed E-state index contributed by atoms with van der Waals surface area (Å²) in [5, 5.41) is 3.13. The molecular weight excluding hydrogens is 464 g/mol. The zero-order valence-corrected chi connectivity index (χ0v) is 19.9. The number of anilines is 1. The van der Waals surface area contributed by atoms with Crippen LogP contribution in [-0.4, -0.2) is 41.1 Å². The third-order valence-electron chi connectivity index (χ3n) is 4.73. The lowest BCUT2D eigenvalue weighted by Gasteiger charge is -2.24. The monoisotopic (exact) mass is 488 g/mol. The first kappa shape index (κ1) is 24.4. The van der Waals surface area contributed by atoms with Gasteiger partial charge in [-0.2, -0.15) is 0 Å². The Kier molecular flexibility index (Phi) is 8.19. The predicted octanol–water partition coefficient (Wildman–Crippen LogP) is 4.05. The quantitative estimate of drug-likeness (QED) is 0.435. The summed E-state index contributed by atoms with van der Waals surface area (Å²) in [4.78, 5) is 12.7. The van der Waals surface area contributed by atoms with Crippen LogP contribution >= 0.6 is 11.6 Å². The van der Waals surface area contributed by atoms with Gasteiger partial charge in [0, 0.05) is 5.02 Å². The minimum atomic E-state index is -3.99. The molecule has 1 N–H and O–H groups in total. The molecule has 0 aromatic heterocycles. The van der Waals surface area contributed by atoms with Crippen molar-refractivity contribution in [3.8, 4) is 11.5 Å². The largest absolute Gasteiger partial charge is 0.497 e. The van der Waals surface area contributed by atoms with Crippen LogP contribution in [0.15, 0.2) is 77.7 Å². The molecule has 0 aliphatic heterocycles. The molecule has 0 aliphatic carbocycles. The molecule has 3 rings (SSSR count). The van der Waals surface area contributed by atoms with E-state index in [1.54, 1.807) is 49.6 Å². The van der Waals surface area contributed by atoms with Crippen molar-refractivity contribution in [3.05, 3.63) is 83.4 Å². The molecule has 0 saturated carbocycles. The number of benzene rings is 3. The summed E-state index contributed by atoms with van der Waals surface area (Å²) in [5.74, 6) is 0.901.